The topological polar surface area (TPSA) is 51.8 Å². The highest BCUT2D eigenvalue weighted by Gasteiger charge is 2.23. The highest BCUT2D eigenvalue weighted by molar-refractivity contribution is 6.32. The molecule has 2 aromatic carbocycles. The lowest BCUT2D eigenvalue weighted by Gasteiger charge is -2.27. The Kier molecular flexibility index (Phi) is 5.11. The fraction of sp³-hybridized carbons (Fsp3) is 0.190. The molecule has 0 amide bonds. The van der Waals surface area contributed by atoms with Gasteiger partial charge >= 0.3 is 0 Å². The Balaban J connectivity index is 1.41. The van der Waals surface area contributed by atoms with Crippen LogP contribution in [0.5, 0.6) is 0 Å². The average molecular weight is 461 g/mol. The number of hydrogen-bond donors (Lipinski definition) is 0. The summed E-state index contributed by atoms with van der Waals surface area (Å²) < 4.78 is 30.6. The van der Waals surface area contributed by atoms with Gasteiger partial charge in [-0.2, -0.15) is 10.1 Å². The molecule has 0 saturated carbocycles. The van der Waals surface area contributed by atoms with Crippen LogP contribution < -0.4 is 4.90 Å². The fourth-order valence-electron chi connectivity index (χ4n) is 3.66. The van der Waals surface area contributed by atoms with Crippen molar-refractivity contribution in [1.29, 1.82) is 0 Å². The van der Waals surface area contributed by atoms with Crippen molar-refractivity contribution in [3.63, 3.8) is 0 Å². The van der Waals surface area contributed by atoms with Crippen molar-refractivity contribution in [2.24, 2.45) is 0 Å². The van der Waals surface area contributed by atoms with E-state index in [0.717, 1.165) is 23.7 Å². The van der Waals surface area contributed by atoms with E-state index in [0.29, 0.717) is 47.1 Å². The van der Waals surface area contributed by atoms with Crippen molar-refractivity contribution in [2.45, 2.75) is 19.4 Å². The molecule has 0 fully saturated rings. The maximum atomic E-state index is 13.7. The van der Waals surface area contributed by atoms with Gasteiger partial charge in [0.2, 0.25) is 5.95 Å². The van der Waals surface area contributed by atoms with E-state index in [1.165, 1.54) is 6.07 Å². The number of imidazole rings is 1. The normalized spacial score (nSPS) is 13.5. The zero-order valence-corrected chi connectivity index (χ0v) is 17.7. The van der Waals surface area contributed by atoms with Crippen molar-refractivity contribution in [3.8, 4) is 5.69 Å². The Morgan fingerprint density at radius 2 is 1.87 bits per heavy atom. The Labute approximate surface area is 186 Å². The zero-order chi connectivity index (χ0) is 21.5. The lowest BCUT2D eigenvalue weighted by Crippen LogP contribution is -2.28. The maximum Gasteiger partial charge on any atom is 0.228 e. The number of aryl methyl sites for hydroxylation is 1. The second-order valence-electron chi connectivity index (χ2n) is 7.22. The van der Waals surface area contributed by atoms with Gasteiger partial charge in [0.1, 0.15) is 11.5 Å². The number of aromatic nitrogens is 5. The number of hydrogen-bond acceptors (Lipinski definition) is 4. The van der Waals surface area contributed by atoms with Crippen LogP contribution in [0.1, 0.15) is 17.8 Å². The van der Waals surface area contributed by atoms with E-state index in [4.69, 9.17) is 23.2 Å². The molecule has 0 N–H and O–H groups in total. The Hall–Kier alpha value is -2.97. The van der Waals surface area contributed by atoms with Gasteiger partial charge in [0, 0.05) is 37.5 Å². The van der Waals surface area contributed by atoms with Crippen LogP contribution in [0.2, 0.25) is 10.2 Å². The molecule has 0 aliphatic carbocycles. The van der Waals surface area contributed by atoms with E-state index < -0.39 is 11.6 Å². The SMILES string of the molecule is Fc1ccc(N2CCCn3nc(Cc4ccc(-n5cnc(Cl)c5)c(Cl)c4)nc32)cc1F. The van der Waals surface area contributed by atoms with E-state index >= 15 is 0 Å². The van der Waals surface area contributed by atoms with Gasteiger partial charge in [-0.25, -0.2) is 18.4 Å². The monoisotopic (exact) mass is 460 g/mol. The van der Waals surface area contributed by atoms with Crippen molar-refractivity contribution >= 4 is 34.8 Å². The highest BCUT2D eigenvalue weighted by atomic mass is 35.5. The third kappa shape index (κ3) is 3.88. The van der Waals surface area contributed by atoms with E-state index in [-0.39, 0.29) is 0 Å². The molecule has 0 atom stereocenters. The molecule has 3 heterocycles. The van der Waals surface area contributed by atoms with Gasteiger partial charge in [-0.1, -0.05) is 29.3 Å². The predicted molar refractivity (Wildman–Crippen MR) is 114 cm³/mol. The van der Waals surface area contributed by atoms with Gasteiger partial charge in [-0.15, -0.1) is 0 Å². The Morgan fingerprint density at radius 3 is 2.61 bits per heavy atom. The number of halogens is 4. The van der Waals surface area contributed by atoms with Crippen molar-refractivity contribution in [1.82, 2.24) is 24.3 Å². The van der Waals surface area contributed by atoms with Crippen LogP contribution in [-0.4, -0.2) is 30.9 Å². The summed E-state index contributed by atoms with van der Waals surface area (Å²) in [5.74, 6) is -0.522. The van der Waals surface area contributed by atoms with Gasteiger partial charge in [0.25, 0.3) is 0 Å². The van der Waals surface area contributed by atoms with Crippen LogP contribution in [-0.2, 0) is 13.0 Å². The smallest absolute Gasteiger partial charge is 0.228 e. The van der Waals surface area contributed by atoms with Crippen LogP contribution in [0.25, 0.3) is 5.69 Å². The number of nitrogens with zero attached hydrogens (tertiary/aromatic N) is 6. The average Bonchev–Trinajstić information content (AvgIpc) is 3.35. The standard InChI is InChI=1S/C21H16Cl2F2N6/c22-15-8-13(2-5-18(15)29-11-19(23)26-12-29)9-20-27-21-30(6-1-7-31(21)28-20)14-3-4-16(24)17(25)10-14/h2-5,8,10-12H,1,6-7,9H2. The highest BCUT2D eigenvalue weighted by Crippen LogP contribution is 2.30. The molecular weight excluding hydrogens is 445 g/mol. The number of anilines is 2. The molecule has 0 saturated heterocycles. The third-order valence-corrected chi connectivity index (χ3v) is 5.61. The number of fused-ring (bicyclic) bond motifs is 1. The quantitative estimate of drug-likeness (QED) is 0.420. The van der Waals surface area contributed by atoms with Crippen molar-refractivity contribution in [3.05, 3.63) is 82.1 Å². The molecule has 1 aliphatic heterocycles. The summed E-state index contributed by atoms with van der Waals surface area (Å²) in [6.07, 6.45) is 4.58. The van der Waals surface area contributed by atoms with E-state index in [1.807, 2.05) is 23.1 Å². The van der Waals surface area contributed by atoms with Crippen LogP contribution in [0.4, 0.5) is 20.4 Å². The summed E-state index contributed by atoms with van der Waals surface area (Å²) in [5.41, 5.74) is 2.26. The first-order valence-corrected chi connectivity index (χ1v) is 10.4. The lowest BCUT2D eigenvalue weighted by atomic mass is 10.1. The largest absolute Gasteiger partial charge is 0.311 e. The first-order chi connectivity index (χ1) is 15.0. The fourth-order valence-corrected chi connectivity index (χ4v) is 4.11. The van der Waals surface area contributed by atoms with Crippen LogP contribution >= 0.6 is 23.2 Å². The number of rotatable bonds is 4. The molecule has 4 aromatic rings. The molecule has 0 unspecified atom stereocenters. The molecule has 158 valence electrons. The van der Waals surface area contributed by atoms with Crippen LogP contribution in [0, 0.1) is 11.6 Å². The van der Waals surface area contributed by atoms with Crippen LogP contribution in [0.3, 0.4) is 0 Å². The van der Waals surface area contributed by atoms with Gasteiger partial charge in [0.05, 0.1) is 10.7 Å². The zero-order valence-electron chi connectivity index (χ0n) is 16.1. The second-order valence-corrected chi connectivity index (χ2v) is 8.02. The molecule has 0 radical (unpaired) electrons. The summed E-state index contributed by atoms with van der Waals surface area (Å²) in [6.45, 7) is 1.36. The minimum atomic E-state index is -0.886. The van der Waals surface area contributed by atoms with E-state index in [2.05, 4.69) is 15.1 Å². The van der Waals surface area contributed by atoms with Crippen molar-refractivity contribution < 1.29 is 8.78 Å². The second kappa shape index (κ2) is 7.94. The summed E-state index contributed by atoms with van der Waals surface area (Å²) in [7, 11) is 0. The summed E-state index contributed by atoms with van der Waals surface area (Å²) in [4.78, 5) is 10.5. The van der Waals surface area contributed by atoms with E-state index in [9.17, 15) is 8.78 Å². The summed E-state index contributed by atoms with van der Waals surface area (Å²) in [6, 6.07) is 9.54. The van der Waals surface area contributed by atoms with Gasteiger partial charge < -0.3 is 9.47 Å². The van der Waals surface area contributed by atoms with Crippen molar-refractivity contribution in [2.75, 3.05) is 11.4 Å². The Bertz CT molecular complexity index is 1270. The molecule has 5 rings (SSSR count). The molecule has 10 heteroatoms. The molecule has 31 heavy (non-hydrogen) atoms. The first-order valence-electron chi connectivity index (χ1n) is 9.62. The molecule has 0 bridgehead atoms. The molecule has 1 aliphatic rings. The van der Waals surface area contributed by atoms with Gasteiger partial charge in [-0.05, 0) is 36.2 Å². The predicted octanol–water partition coefficient (Wildman–Crippen LogP) is 5.18. The third-order valence-electron chi connectivity index (χ3n) is 5.11. The molecule has 6 nitrogen and oxygen atoms in total. The first kappa shape index (κ1) is 20.0. The molecule has 0 spiro atoms. The Morgan fingerprint density at radius 1 is 1.00 bits per heavy atom. The minimum Gasteiger partial charge on any atom is -0.311 e. The van der Waals surface area contributed by atoms with Gasteiger partial charge in [0.15, 0.2) is 17.5 Å². The van der Waals surface area contributed by atoms with E-state index in [1.54, 1.807) is 27.8 Å². The molecule has 2 aromatic heterocycles. The molecular formula is C21H16Cl2F2N6. The minimum absolute atomic E-state index is 0.388. The summed E-state index contributed by atoms with van der Waals surface area (Å²) >= 11 is 12.3. The maximum absolute atomic E-state index is 13.7. The van der Waals surface area contributed by atoms with Gasteiger partial charge in [-0.3, -0.25) is 0 Å². The summed E-state index contributed by atoms with van der Waals surface area (Å²) in [5, 5.41) is 5.54. The number of benzene rings is 2. The van der Waals surface area contributed by atoms with Crippen LogP contribution in [0.15, 0.2) is 48.9 Å². The lowest BCUT2D eigenvalue weighted by molar-refractivity contribution is 0.506.